The highest BCUT2D eigenvalue weighted by molar-refractivity contribution is 5.93. The summed E-state index contributed by atoms with van der Waals surface area (Å²) in [5, 5.41) is 0. The normalized spacial score (nSPS) is 27.9. The van der Waals surface area contributed by atoms with E-state index in [2.05, 4.69) is 70.8 Å². The van der Waals surface area contributed by atoms with Crippen LogP contribution < -0.4 is 4.90 Å². The number of carbonyl (C=O) groups is 2. The number of amides is 2. The maximum atomic E-state index is 14.3. The summed E-state index contributed by atoms with van der Waals surface area (Å²) in [4.78, 5) is 38.3. The Labute approximate surface area is 296 Å². The molecule has 3 aliphatic heterocycles. The maximum absolute atomic E-state index is 14.3. The monoisotopic (exact) mass is 680 g/mol. The molecule has 6 aliphatic rings. The minimum Gasteiger partial charge on any atom is -0.444 e. The first-order chi connectivity index (χ1) is 23.3. The number of likely N-dealkylation sites (tertiary alicyclic amines) is 2. The van der Waals surface area contributed by atoms with E-state index in [1.54, 1.807) is 12.0 Å². The molecule has 1 spiro atoms. The molecule has 3 unspecified atom stereocenters. The van der Waals surface area contributed by atoms with Gasteiger partial charge in [-0.05, 0) is 134 Å². The average Bonchev–Trinajstić information content (AvgIpc) is 3.34. The van der Waals surface area contributed by atoms with E-state index < -0.39 is 11.1 Å². The summed E-state index contributed by atoms with van der Waals surface area (Å²) in [6, 6.07) is 10.6. The smallest absolute Gasteiger partial charge is 0.410 e. The molecule has 2 bridgehead atoms. The number of hydrogen-bond acceptors (Lipinski definition) is 7. The Bertz CT molecular complexity index is 1280. The van der Waals surface area contributed by atoms with Crippen LogP contribution in [-0.4, -0.2) is 122 Å². The van der Waals surface area contributed by atoms with E-state index in [4.69, 9.17) is 9.47 Å². The van der Waals surface area contributed by atoms with E-state index in [9.17, 15) is 9.59 Å². The van der Waals surface area contributed by atoms with E-state index in [-0.39, 0.29) is 11.7 Å². The zero-order valence-corrected chi connectivity index (χ0v) is 31.7. The van der Waals surface area contributed by atoms with Gasteiger partial charge in [-0.25, -0.2) is 4.79 Å². The summed E-state index contributed by atoms with van der Waals surface area (Å²) in [5.41, 5.74) is 0.483. The molecule has 3 atom stereocenters. The molecule has 0 aromatic heterocycles. The molecular weight excluding hydrogens is 614 g/mol. The van der Waals surface area contributed by atoms with Crippen molar-refractivity contribution in [2.24, 2.45) is 23.2 Å². The Kier molecular flexibility index (Phi) is 10.7. The summed E-state index contributed by atoms with van der Waals surface area (Å²) >= 11 is 0. The van der Waals surface area contributed by atoms with Gasteiger partial charge in [0.15, 0.2) is 0 Å². The Morgan fingerprint density at radius 1 is 0.980 bits per heavy atom. The fourth-order valence-corrected chi connectivity index (χ4v) is 10.1. The molecule has 0 radical (unpaired) electrons. The number of carbonyl (C=O) groups excluding carboxylic acids is 2. The molecule has 6 fully saturated rings. The first kappa shape index (κ1) is 36.4. The van der Waals surface area contributed by atoms with Gasteiger partial charge < -0.3 is 34.0 Å². The van der Waals surface area contributed by atoms with Crippen LogP contribution in [0.25, 0.3) is 0 Å². The minimum absolute atomic E-state index is 0.242. The Morgan fingerprint density at radius 2 is 1.67 bits per heavy atom. The van der Waals surface area contributed by atoms with Gasteiger partial charge in [0, 0.05) is 52.1 Å². The molecule has 2 amide bonds. The molecule has 3 aliphatic carbocycles. The number of likely N-dealkylation sites (N-methyl/N-ethyl adjacent to an activating group) is 1. The molecule has 274 valence electrons. The molecule has 9 heteroatoms. The Hall–Kier alpha value is -2.36. The lowest BCUT2D eigenvalue weighted by molar-refractivity contribution is -0.134. The molecule has 49 heavy (non-hydrogen) atoms. The van der Waals surface area contributed by atoms with Crippen molar-refractivity contribution in [1.29, 1.82) is 0 Å². The fourth-order valence-electron chi connectivity index (χ4n) is 10.1. The van der Waals surface area contributed by atoms with Gasteiger partial charge in [-0.1, -0.05) is 32.0 Å². The predicted molar refractivity (Wildman–Crippen MR) is 196 cm³/mol. The van der Waals surface area contributed by atoms with E-state index in [0.717, 1.165) is 88.3 Å². The van der Waals surface area contributed by atoms with Crippen LogP contribution in [0.1, 0.15) is 92.4 Å². The number of rotatable bonds is 11. The third-order valence-electron chi connectivity index (χ3n) is 13.4. The van der Waals surface area contributed by atoms with Crippen LogP contribution >= 0.6 is 0 Å². The van der Waals surface area contributed by atoms with Gasteiger partial charge in [0.05, 0.1) is 12.3 Å². The number of hydrogen-bond donors (Lipinski definition) is 0. The van der Waals surface area contributed by atoms with Crippen LogP contribution in [0.15, 0.2) is 30.3 Å². The van der Waals surface area contributed by atoms with Crippen LogP contribution in [0.3, 0.4) is 0 Å². The highest BCUT2D eigenvalue weighted by Gasteiger charge is 2.55. The zero-order valence-electron chi connectivity index (χ0n) is 31.7. The number of methoxy groups -OCH3 is 1. The van der Waals surface area contributed by atoms with E-state index in [1.165, 1.54) is 32.2 Å². The number of anilines is 1. The number of ether oxygens (including phenoxy) is 2. The van der Waals surface area contributed by atoms with Crippen LogP contribution in [0.4, 0.5) is 10.5 Å². The molecule has 3 saturated carbocycles. The van der Waals surface area contributed by atoms with Crippen LogP contribution in [0, 0.1) is 23.2 Å². The number of benzene rings is 1. The van der Waals surface area contributed by atoms with Gasteiger partial charge in [-0.15, -0.1) is 0 Å². The van der Waals surface area contributed by atoms with Crippen molar-refractivity contribution >= 4 is 17.7 Å². The quantitative estimate of drug-likeness (QED) is 0.271. The van der Waals surface area contributed by atoms with Crippen LogP contribution in [0.5, 0.6) is 0 Å². The van der Waals surface area contributed by atoms with E-state index in [0.29, 0.717) is 31.1 Å². The summed E-state index contributed by atoms with van der Waals surface area (Å²) < 4.78 is 11.7. The average molecular weight is 680 g/mol. The van der Waals surface area contributed by atoms with Gasteiger partial charge in [0.1, 0.15) is 11.1 Å². The van der Waals surface area contributed by atoms with Gasteiger partial charge >= 0.3 is 6.09 Å². The van der Waals surface area contributed by atoms with Crippen molar-refractivity contribution in [2.45, 2.75) is 109 Å². The van der Waals surface area contributed by atoms with Gasteiger partial charge in [0.2, 0.25) is 5.91 Å². The molecule has 9 nitrogen and oxygen atoms in total. The number of para-hydroxylation sites is 1. The molecule has 7 rings (SSSR count). The van der Waals surface area contributed by atoms with Gasteiger partial charge in [-0.2, -0.15) is 0 Å². The molecule has 0 N–H and O–H groups in total. The zero-order chi connectivity index (χ0) is 35.0. The fraction of sp³-hybridized carbons (Fsp3) is 0.800. The highest BCUT2D eigenvalue weighted by atomic mass is 16.6. The third kappa shape index (κ3) is 7.64. The first-order valence-corrected chi connectivity index (χ1v) is 19.3. The maximum Gasteiger partial charge on any atom is 0.410 e. The second kappa shape index (κ2) is 14.3. The van der Waals surface area contributed by atoms with Crippen molar-refractivity contribution in [1.82, 2.24) is 19.6 Å². The molecular formula is C40H65N5O4. The van der Waals surface area contributed by atoms with E-state index in [1.807, 2.05) is 20.8 Å². The Balaban J connectivity index is 1.00. The van der Waals surface area contributed by atoms with Crippen LogP contribution in [0.2, 0.25) is 0 Å². The standard InChI is InChI=1S/C40H65N5O4/c1-37(2,3)49-36(47)43-26-17-39(48-7,18-27-43)29-41(6)21-11-22-44-30-45(33-12-9-8-10-13-33)40(35(44)46)19-24-42(25-20-40)23-16-31-14-15-32-28-34(31)38(32,4)5/h8-10,12-13,31-32,34H,11,14-30H2,1-7H3. The topological polar surface area (TPSA) is 68.8 Å². The van der Waals surface area contributed by atoms with Crippen LogP contribution in [-0.2, 0) is 14.3 Å². The SMILES string of the molecule is COC1(CN(C)CCCN2CN(c3ccccc3)C3(CCN(CCC4CCC5CC4C5(C)C)CC3)C2=O)CCN(C(=O)OC(C)(C)C)CC1. The lowest BCUT2D eigenvalue weighted by atomic mass is 9.45. The second-order valence-corrected chi connectivity index (χ2v) is 17.8. The van der Waals surface area contributed by atoms with Gasteiger partial charge in [0.25, 0.3) is 0 Å². The van der Waals surface area contributed by atoms with Gasteiger partial charge in [-0.3, -0.25) is 4.79 Å². The van der Waals surface area contributed by atoms with Crippen molar-refractivity contribution in [3.8, 4) is 0 Å². The van der Waals surface area contributed by atoms with E-state index >= 15 is 0 Å². The summed E-state index contributed by atoms with van der Waals surface area (Å²) in [7, 11) is 3.94. The summed E-state index contributed by atoms with van der Waals surface area (Å²) in [5.74, 6) is 3.07. The minimum atomic E-state index is -0.495. The molecule has 3 saturated heterocycles. The van der Waals surface area contributed by atoms with Crippen molar-refractivity contribution in [3.05, 3.63) is 30.3 Å². The lowest BCUT2D eigenvalue weighted by Gasteiger charge is -2.60. The first-order valence-electron chi connectivity index (χ1n) is 19.3. The Morgan fingerprint density at radius 3 is 2.29 bits per heavy atom. The number of nitrogens with zero attached hydrogens (tertiary/aromatic N) is 5. The molecule has 1 aromatic rings. The third-order valence-corrected chi connectivity index (χ3v) is 13.4. The van der Waals surface area contributed by atoms with Crippen molar-refractivity contribution < 1.29 is 19.1 Å². The second-order valence-electron chi connectivity index (χ2n) is 17.8. The highest BCUT2D eigenvalue weighted by Crippen LogP contribution is 2.62. The number of fused-ring (bicyclic) bond motifs is 2. The lowest BCUT2D eigenvalue weighted by Crippen LogP contribution is -2.57. The van der Waals surface area contributed by atoms with Crippen molar-refractivity contribution in [3.63, 3.8) is 0 Å². The molecule has 1 aromatic carbocycles. The largest absolute Gasteiger partial charge is 0.444 e. The summed E-state index contributed by atoms with van der Waals surface area (Å²) in [6.07, 6.45) is 9.64. The predicted octanol–water partition coefficient (Wildman–Crippen LogP) is 6.33. The molecule has 3 heterocycles. The summed E-state index contributed by atoms with van der Waals surface area (Å²) in [6.45, 7) is 18.3. The van der Waals surface area contributed by atoms with Crippen molar-refractivity contribution in [2.75, 3.05) is 78.1 Å². The number of piperidine rings is 2.